The summed E-state index contributed by atoms with van der Waals surface area (Å²) in [7, 11) is 0. The molecule has 0 radical (unpaired) electrons. The molecular weight excluding hydrogens is 415 g/mol. The number of carbonyl (C=O) groups is 1. The van der Waals surface area contributed by atoms with Gasteiger partial charge in [-0.3, -0.25) is 19.0 Å². The molecule has 0 aromatic heterocycles. The minimum absolute atomic E-state index is 0.138. The van der Waals surface area contributed by atoms with Crippen molar-refractivity contribution >= 4 is 22.7 Å². The molecular formula is C24H25FN2O3S. The van der Waals surface area contributed by atoms with Crippen molar-refractivity contribution in [3.63, 3.8) is 0 Å². The van der Waals surface area contributed by atoms with Crippen LogP contribution in [0.25, 0.3) is 0 Å². The van der Waals surface area contributed by atoms with E-state index in [4.69, 9.17) is 4.55 Å². The Morgan fingerprint density at radius 2 is 1.55 bits per heavy atom. The molecule has 0 aliphatic carbocycles. The Balaban J connectivity index is 1.88. The molecule has 0 aliphatic heterocycles. The molecule has 3 aromatic carbocycles. The summed E-state index contributed by atoms with van der Waals surface area (Å²) in [5.74, 6) is -0.149. The summed E-state index contributed by atoms with van der Waals surface area (Å²) in [6.45, 7) is 2.19. The summed E-state index contributed by atoms with van der Waals surface area (Å²) < 4.78 is 35.8. The molecule has 0 amide bonds. The molecule has 31 heavy (non-hydrogen) atoms. The third-order valence-corrected chi connectivity index (χ3v) is 5.51. The number of anilines is 1. The van der Waals surface area contributed by atoms with Crippen molar-refractivity contribution in [1.82, 2.24) is 4.90 Å². The van der Waals surface area contributed by atoms with Crippen LogP contribution in [0.3, 0.4) is 0 Å². The van der Waals surface area contributed by atoms with Crippen molar-refractivity contribution in [2.45, 2.75) is 32.7 Å². The maximum absolute atomic E-state index is 13.3. The number of nitrogens with zero attached hydrogens (tertiary/aromatic N) is 1. The quantitative estimate of drug-likeness (QED) is 0.345. The highest BCUT2D eigenvalue weighted by Crippen LogP contribution is 2.23. The van der Waals surface area contributed by atoms with Crippen LogP contribution in [0.15, 0.2) is 78.9 Å². The minimum Gasteiger partial charge on any atom is -0.292 e. The molecule has 2 atom stereocenters. The lowest BCUT2D eigenvalue weighted by atomic mass is 10.0. The normalized spacial score (nSPS) is 13.0. The monoisotopic (exact) mass is 440 g/mol. The van der Waals surface area contributed by atoms with Gasteiger partial charge in [0.1, 0.15) is 6.67 Å². The van der Waals surface area contributed by atoms with Gasteiger partial charge in [-0.1, -0.05) is 72.8 Å². The molecule has 0 heterocycles. The van der Waals surface area contributed by atoms with Crippen molar-refractivity contribution < 1.29 is 17.9 Å². The number of Topliss-reactive ketones (excluding diaryl/α,β-unsaturated/α-hetero) is 1. The molecule has 5 nitrogen and oxygen atoms in total. The van der Waals surface area contributed by atoms with Crippen LogP contribution in [-0.2, 0) is 31.0 Å². The van der Waals surface area contributed by atoms with Gasteiger partial charge in [-0.15, -0.1) is 0 Å². The van der Waals surface area contributed by atoms with Crippen LogP contribution in [0.2, 0.25) is 0 Å². The number of nitrogens with one attached hydrogen (secondary N) is 1. The number of ketones is 1. The zero-order valence-corrected chi connectivity index (χ0v) is 18.0. The molecule has 0 bridgehead atoms. The number of hydrogen-bond acceptors (Lipinski definition) is 3. The van der Waals surface area contributed by atoms with Crippen LogP contribution in [0.1, 0.15) is 34.0 Å². The smallest absolute Gasteiger partial charge is 0.259 e. The van der Waals surface area contributed by atoms with Crippen LogP contribution in [0.5, 0.6) is 0 Å². The Labute approximate surface area is 184 Å². The van der Waals surface area contributed by atoms with Gasteiger partial charge in [0.15, 0.2) is 5.78 Å². The summed E-state index contributed by atoms with van der Waals surface area (Å²) in [4.78, 5) is 15.4. The predicted octanol–water partition coefficient (Wildman–Crippen LogP) is 4.98. The fourth-order valence-corrected chi connectivity index (χ4v) is 3.79. The van der Waals surface area contributed by atoms with Crippen LogP contribution >= 0.6 is 0 Å². The zero-order valence-electron chi connectivity index (χ0n) is 17.2. The van der Waals surface area contributed by atoms with Crippen LogP contribution < -0.4 is 4.72 Å². The molecule has 0 saturated carbocycles. The lowest BCUT2D eigenvalue weighted by molar-refractivity contribution is 0.0816. The summed E-state index contributed by atoms with van der Waals surface area (Å²) in [6, 6.07) is 23.8. The van der Waals surface area contributed by atoms with Crippen LogP contribution in [0.4, 0.5) is 10.1 Å². The van der Waals surface area contributed by atoms with E-state index in [1.807, 2.05) is 67.6 Å². The van der Waals surface area contributed by atoms with Gasteiger partial charge in [-0.25, -0.2) is 8.60 Å². The van der Waals surface area contributed by atoms with Gasteiger partial charge in [0, 0.05) is 24.2 Å². The SMILES string of the molecule is CC(C(=O)c1ccc(CF)c(NS(=O)O)c1)N(Cc1ccccc1)Cc1ccccc1. The second-order valence-electron chi connectivity index (χ2n) is 7.27. The second-order valence-corrected chi connectivity index (χ2v) is 7.98. The minimum atomic E-state index is -2.36. The first-order valence-electron chi connectivity index (χ1n) is 9.90. The van der Waals surface area contributed by atoms with E-state index in [2.05, 4.69) is 9.62 Å². The Hall–Kier alpha value is -2.87. The third kappa shape index (κ3) is 6.30. The summed E-state index contributed by atoms with van der Waals surface area (Å²) >= 11 is -2.36. The van der Waals surface area contributed by atoms with E-state index < -0.39 is 24.0 Å². The lowest BCUT2D eigenvalue weighted by Crippen LogP contribution is -2.38. The number of rotatable bonds is 10. The van der Waals surface area contributed by atoms with Crippen LogP contribution in [-0.4, -0.2) is 25.5 Å². The lowest BCUT2D eigenvalue weighted by Gasteiger charge is -2.28. The number of carbonyl (C=O) groups excluding carboxylic acids is 1. The second kappa shape index (κ2) is 10.9. The van der Waals surface area contributed by atoms with Gasteiger partial charge in [0.25, 0.3) is 11.3 Å². The maximum Gasteiger partial charge on any atom is 0.259 e. The third-order valence-electron chi connectivity index (χ3n) is 5.12. The first-order chi connectivity index (χ1) is 15.0. The van der Waals surface area contributed by atoms with E-state index in [-0.39, 0.29) is 17.0 Å². The molecule has 3 aromatic rings. The highest BCUT2D eigenvalue weighted by Gasteiger charge is 2.24. The van der Waals surface area contributed by atoms with Gasteiger partial charge in [0.05, 0.1) is 11.7 Å². The van der Waals surface area contributed by atoms with Crippen molar-refractivity contribution in [2.24, 2.45) is 0 Å². The Morgan fingerprint density at radius 1 is 1.00 bits per heavy atom. The standard InChI is InChI=1S/C24H25FN2O3S/c1-18(24(28)21-12-13-22(15-25)23(14-21)26-31(29)30)27(16-19-8-4-2-5-9-19)17-20-10-6-3-7-11-20/h2-14,18,26H,15-17H2,1H3,(H,29,30). The molecule has 2 N–H and O–H groups in total. The molecule has 2 unspecified atom stereocenters. The van der Waals surface area contributed by atoms with Crippen molar-refractivity contribution in [3.8, 4) is 0 Å². The summed E-state index contributed by atoms with van der Waals surface area (Å²) in [6.07, 6.45) is 0. The van der Waals surface area contributed by atoms with Gasteiger partial charge >= 0.3 is 0 Å². The van der Waals surface area contributed by atoms with E-state index in [9.17, 15) is 13.4 Å². The number of alkyl halides is 1. The molecule has 3 rings (SSSR count). The van der Waals surface area contributed by atoms with Gasteiger partial charge in [-0.2, -0.15) is 0 Å². The molecule has 0 spiro atoms. The van der Waals surface area contributed by atoms with E-state index >= 15 is 0 Å². The van der Waals surface area contributed by atoms with Crippen molar-refractivity contribution in [3.05, 3.63) is 101 Å². The highest BCUT2D eigenvalue weighted by molar-refractivity contribution is 7.80. The predicted molar refractivity (Wildman–Crippen MR) is 122 cm³/mol. The fraction of sp³-hybridized carbons (Fsp3) is 0.208. The average Bonchev–Trinajstić information content (AvgIpc) is 2.78. The molecule has 7 heteroatoms. The molecule has 0 saturated heterocycles. The number of hydrogen-bond donors (Lipinski definition) is 2. The highest BCUT2D eigenvalue weighted by atomic mass is 32.2. The molecule has 0 fully saturated rings. The average molecular weight is 441 g/mol. The topological polar surface area (TPSA) is 69.6 Å². The first kappa shape index (κ1) is 22.8. The van der Waals surface area contributed by atoms with Gasteiger partial charge in [-0.05, 0) is 24.1 Å². The van der Waals surface area contributed by atoms with E-state index in [0.29, 0.717) is 18.7 Å². The Kier molecular flexibility index (Phi) is 8.06. The number of benzene rings is 3. The van der Waals surface area contributed by atoms with Crippen molar-refractivity contribution in [1.29, 1.82) is 0 Å². The van der Waals surface area contributed by atoms with E-state index in [1.54, 1.807) is 6.07 Å². The summed E-state index contributed by atoms with van der Waals surface area (Å²) in [5.41, 5.74) is 2.88. The Morgan fingerprint density at radius 3 is 2.03 bits per heavy atom. The van der Waals surface area contributed by atoms with Crippen LogP contribution in [0, 0.1) is 0 Å². The molecule has 0 aliphatic rings. The van der Waals surface area contributed by atoms with Gasteiger partial charge < -0.3 is 0 Å². The summed E-state index contributed by atoms with van der Waals surface area (Å²) in [5, 5.41) is 0. The Bertz CT molecular complexity index is 990. The maximum atomic E-state index is 13.3. The van der Waals surface area contributed by atoms with E-state index in [0.717, 1.165) is 11.1 Å². The van der Waals surface area contributed by atoms with E-state index in [1.165, 1.54) is 12.1 Å². The number of halogens is 1. The fourth-order valence-electron chi connectivity index (χ4n) is 3.41. The van der Waals surface area contributed by atoms with Crippen molar-refractivity contribution in [2.75, 3.05) is 4.72 Å². The molecule has 162 valence electrons. The largest absolute Gasteiger partial charge is 0.292 e. The van der Waals surface area contributed by atoms with Gasteiger partial charge in [0.2, 0.25) is 0 Å². The first-order valence-corrected chi connectivity index (χ1v) is 11.0. The zero-order chi connectivity index (χ0) is 22.2.